The van der Waals surface area contributed by atoms with Gasteiger partial charge in [0.2, 0.25) is 5.91 Å². The molecule has 0 saturated carbocycles. The first kappa shape index (κ1) is 14.0. The molecule has 20 heavy (non-hydrogen) atoms. The molecule has 0 saturated heterocycles. The number of benzene rings is 1. The van der Waals surface area contributed by atoms with Gasteiger partial charge in [-0.15, -0.1) is 0 Å². The van der Waals surface area contributed by atoms with E-state index in [4.69, 9.17) is 0 Å². The third-order valence-electron chi connectivity index (χ3n) is 2.99. The Bertz CT molecular complexity index is 665. The zero-order chi connectivity index (χ0) is 14.7. The fourth-order valence-corrected chi connectivity index (χ4v) is 1.90. The van der Waals surface area contributed by atoms with Crippen molar-refractivity contribution in [2.45, 2.75) is 6.92 Å². The van der Waals surface area contributed by atoms with Gasteiger partial charge in [0.05, 0.1) is 17.6 Å². The minimum Gasteiger partial charge on any atom is -0.347 e. The standard InChI is InChI=1S/C15H17N3O2/c1-10-8-12(11-6-4-5-7-13(11)17-10)15(20)16-9-14(19)18(2)3/h4-8H,9H2,1-3H3,(H,16,20). The average molecular weight is 271 g/mol. The second kappa shape index (κ2) is 5.69. The molecular formula is C15H17N3O2. The van der Waals surface area contributed by atoms with E-state index in [1.54, 1.807) is 20.2 Å². The predicted molar refractivity (Wildman–Crippen MR) is 77.5 cm³/mol. The molecule has 2 amide bonds. The summed E-state index contributed by atoms with van der Waals surface area (Å²) in [6.45, 7) is 1.83. The highest BCUT2D eigenvalue weighted by Gasteiger charge is 2.13. The van der Waals surface area contributed by atoms with Crippen molar-refractivity contribution in [3.05, 3.63) is 41.6 Å². The summed E-state index contributed by atoms with van der Waals surface area (Å²) in [6, 6.07) is 9.19. The highest BCUT2D eigenvalue weighted by molar-refractivity contribution is 6.07. The molecule has 5 heteroatoms. The van der Waals surface area contributed by atoms with Gasteiger partial charge in [0.15, 0.2) is 0 Å². The lowest BCUT2D eigenvalue weighted by atomic mass is 10.1. The van der Waals surface area contributed by atoms with Crippen molar-refractivity contribution in [1.29, 1.82) is 0 Å². The number of hydrogen-bond donors (Lipinski definition) is 1. The van der Waals surface area contributed by atoms with Crippen LogP contribution in [0.15, 0.2) is 30.3 Å². The fourth-order valence-electron chi connectivity index (χ4n) is 1.90. The van der Waals surface area contributed by atoms with E-state index in [1.807, 2.05) is 31.2 Å². The SMILES string of the molecule is Cc1cc(C(=O)NCC(=O)N(C)C)c2ccccc2n1. The van der Waals surface area contributed by atoms with Gasteiger partial charge in [0, 0.05) is 25.2 Å². The smallest absolute Gasteiger partial charge is 0.252 e. The Kier molecular flexibility index (Phi) is 3.98. The summed E-state index contributed by atoms with van der Waals surface area (Å²) in [5.74, 6) is -0.407. The zero-order valence-corrected chi connectivity index (χ0v) is 11.8. The highest BCUT2D eigenvalue weighted by Crippen LogP contribution is 2.17. The molecule has 0 aliphatic heterocycles. The molecule has 0 unspecified atom stereocenters. The van der Waals surface area contributed by atoms with Crippen molar-refractivity contribution in [3.8, 4) is 0 Å². The van der Waals surface area contributed by atoms with E-state index < -0.39 is 0 Å². The molecule has 0 radical (unpaired) electrons. The molecule has 2 aromatic rings. The molecule has 104 valence electrons. The number of amides is 2. The molecule has 1 aromatic heterocycles. The first-order valence-corrected chi connectivity index (χ1v) is 6.34. The van der Waals surface area contributed by atoms with Crippen LogP contribution in [0.5, 0.6) is 0 Å². The van der Waals surface area contributed by atoms with E-state index in [9.17, 15) is 9.59 Å². The Hall–Kier alpha value is -2.43. The number of aryl methyl sites for hydroxylation is 1. The van der Waals surface area contributed by atoms with Crippen molar-refractivity contribution in [2.24, 2.45) is 0 Å². The number of nitrogens with one attached hydrogen (secondary N) is 1. The van der Waals surface area contributed by atoms with Gasteiger partial charge in [-0.1, -0.05) is 18.2 Å². The Labute approximate surface area is 117 Å². The first-order valence-electron chi connectivity index (χ1n) is 6.34. The summed E-state index contributed by atoms with van der Waals surface area (Å²) in [7, 11) is 3.31. The number of nitrogens with zero attached hydrogens (tertiary/aromatic N) is 2. The van der Waals surface area contributed by atoms with Crippen molar-refractivity contribution in [3.63, 3.8) is 0 Å². The van der Waals surface area contributed by atoms with Crippen LogP contribution in [0, 0.1) is 6.92 Å². The number of pyridine rings is 1. The molecule has 1 aromatic carbocycles. The fraction of sp³-hybridized carbons (Fsp3) is 0.267. The number of rotatable bonds is 3. The lowest BCUT2D eigenvalue weighted by Gasteiger charge is -2.12. The quantitative estimate of drug-likeness (QED) is 0.917. The Morgan fingerprint density at radius 1 is 1.25 bits per heavy atom. The topological polar surface area (TPSA) is 62.3 Å². The second-order valence-corrected chi connectivity index (χ2v) is 4.80. The van der Waals surface area contributed by atoms with Crippen molar-refractivity contribution in [1.82, 2.24) is 15.2 Å². The number of aromatic nitrogens is 1. The van der Waals surface area contributed by atoms with Crippen LogP contribution in [0.2, 0.25) is 0 Å². The third-order valence-corrected chi connectivity index (χ3v) is 2.99. The number of fused-ring (bicyclic) bond motifs is 1. The monoisotopic (exact) mass is 271 g/mol. The van der Waals surface area contributed by atoms with Crippen LogP contribution in [0.1, 0.15) is 16.1 Å². The van der Waals surface area contributed by atoms with Crippen LogP contribution < -0.4 is 5.32 Å². The van der Waals surface area contributed by atoms with Gasteiger partial charge >= 0.3 is 0 Å². The molecule has 5 nitrogen and oxygen atoms in total. The largest absolute Gasteiger partial charge is 0.347 e. The lowest BCUT2D eigenvalue weighted by molar-refractivity contribution is -0.127. The van der Waals surface area contributed by atoms with Crippen LogP contribution in [0.3, 0.4) is 0 Å². The minimum absolute atomic E-state index is 0.0124. The molecule has 0 atom stereocenters. The number of hydrogen-bond acceptors (Lipinski definition) is 3. The Balaban J connectivity index is 2.28. The van der Waals surface area contributed by atoms with Crippen molar-refractivity contribution < 1.29 is 9.59 Å². The summed E-state index contributed by atoms with van der Waals surface area (Å²) < 4.78 is 0. The van der Waals surface area contributed by atoms with Gasteiger partial charge in [0.1, 0.15) is 0 Å². The first-order chi connectivity index (χ1) is 9.49. The molecule has 1 heterocycles. The summed E-state index contributed by atoms with van der Waals surface area (Å²) in [6.07, 6.45) is 0. The molecule has 1 N–H and O–H groups in total. The summed E-state index contributed by atoms with van der Waals surface area (Å²) in [5.41, 5.74) is 2.09. The average Bonchev–Trinajstić information content (AvgIpc) is 2.43. The Morgan fingerprint density at radius 2 is 1.95 bits per heavy atom. The second-order valence-electron chi connectivity index (χ2n) is 4.80. The van der Waals surface area contributed by atoms with E-state index in [-0.39, 0.29) is 18.4 Å². The minimum atomic E-state index is -0.262. The van der Waals surface area contributed by atoms with E-state index >= 15 is 0 Å². The maximum Gasteiger partial charge on any atom is 0.252 e. The van der Waals surface area contributed by atoms with E-state index in [0.29, 0.717) is 5.56 Å². The zero-order valence-electron chi connectivity index (χ0n) is 11.8. The van der Waals surface area contributed by atoms with Crippen LogP contribution in [-0.2, 0) is 4.79 Å². The van der Waals surface area contributed by atoms with Crippen LogP contribution in [-0.4, -0.2) is 42.3 Å². The Morgan fingerprint density at radius 3 is 2.65 bits per heavy atom. The number of likely N-dealkylation sites (N-methyl/N-ethyl adjacent to an activating group) is 1. The van der Waals surface area contributed by atoms with Gasteiger partial charge in [-0.3, -0.25) is 14.6 Å². The summed E-state index contributed by atoms with van der Waals surface area (Å²) >= 11 is 0. The normalized spacial score (nSPS) is 10.3. The summed E-state index contributed by atoms with van der Waals surface area (Å²) in [4.78, 5) is 29.6. The molecule has 2 rings (SSSR count). The van der Waals surface area contributed by atoms with Crippen LogP contribution >= 0.6 is 0 Å². The van der Waals surface area contributed by atoms with Crippen molar-refractivity contribution in [2.75, 3.05) is 20.6 Å². The molecular weight excluding hydrogens is 254 g/mol. The van der Waals surface area contributed by atoms with Gasteiger partial charge in [-0.25, -0.2) is 0 Å². The maximum absolute atomic E-state index is 12.2. The number of carbonyl (C=O) groups excluding carboxylic acids is 2. The van der Waals surface area contributed by atoms with Crippen LogP contribution in [0.4, 0.5) is 0 Å². The maximum atomic E-state index is 12.2. The van der Waals surface area contributed by atoms with E-state index in [2.05, 4.69) is 10.3 Å². The molecule has 0 aliphatic carbocycles. The third kappa shape index (κ3) is 2.93. The number of para-hydroxylation sites is 1. The van der Waals surface area contributed by atoms with E-state index in [1.165, 1.54) is 4.90 Å². The van der Waals surface area contributed by atoms with Gasteiger partial charge in [-0.05, 0) is 19.1 Å². The molecule has 0 fully saturated rings. The lowest BCUT2D eigenvalue weighted by Crippen LogP contribution is -2.36. The number of carbonyl (C=O) groups is 2. The van der Waals surface area contributed by atoms with Crippen molar-refractivity contribution >= 4 is 22.7 Å². The molecule has 0 aliphatic rings. The molecule has 0 spiro atoms. The van der Waals surface area contributed by atoms with E-state index in [0.717, 1.165) is 16.6 Å². The van der Waals surface area contributed by atoms with Gasteiger partial charge in [-0.2, -0.15) is 0 Å². The van der Waals surface area contributed by atoms with Gasteiger partial charge in [0.25, 0.3) is 5.91 Å². The summed E-state index contributed by atoms with van der Waals surface area (Å²) in [5, 5.41) is 3.43. The highest BCUT2D eigenvalue weighted by atomic mass is 16.2. The predicted octanol–water partition coefficient (Wildman–Crippen LogP) is 1.36. The van der Waals surface area contributed by atoms with Crippen LogP contribution in [0.25, 0.3) is 10.9 Å². The van der Waals surface area contributed by atoms with Gasteiger partial charge < -0.3 is 10.2 Å². The molecule has 0 bridgehead atoms.